The number of benzene rings is 1. The summed E-state index contributed by atoms with van der Waals surface area (Å²) in [5, 5.41) is 6.28. The Balaban J connectivity index is 2.73. The first-order valence-corrected chi connectivity index (χ1v) is 4.54. The number of rotatable bonds is 3. The lowest BCUT2D eigenvalue weighted by molar-refractivity contribution is -0.456. The van der Waals surface area contributed by atoms with E-state index < -0.39 is 0 Å². The van der Waals surface area contributed by atoms with E-state index in [2.05, 4.69) is 10.2 Å². The highest BCUT2D eigenvalue weighted by Crippen LogP contribution is 2.10. The number of hydrogen-bond acceptors (Lipinski definition) is 2. The monoisotopic (exact) mass is 206 g/mol. The van der Waals surface area contributed by atoms with Crippen molar-refractivity contribution in [1.82, 2.24) is 0 Å². The summed E-state index contributed by atoms with van der Waals surface area (Å²) in [6.45, 7) is 0. The summed E-state index contributed by atoms with van der Waals surface area (Å²) in [5.41, 5.74) is 12.5. The van der Waals surface area contributed by atoms with Gasteiger partial charge in [0.05, 0.1) is 0 Å². The maximum absolute atomic E-state index is 5.16. The predicted molar refractivity (Wildman–Crippen MR) is 62.7 cm³/mol. The second-order valence-corrected chi connectivity index (χ2v) is 3.30. The Morgan fingerprint density at radius 2 is 1.87 bits per heavy atom. The topological polar surface area (TPSA) is 81.6 Å². The minimum atomic E-state index is 0.0103. The van der Waals surface area contributed by atoms with Crippen molar-refractivity contribution in [1.29, 1.82) is 0 Å². The molecule has 0 aliphatic heterocycles. The molecule has 0 aliphatic carbocycles. The second kappa shape index (κ2) is 4.99. The summed E-state index contributed by atoms with van der Waals surface area (Å²) in [4.78, 5) is 2.03. The molecule has 80 valence electrons. The van der Waals surface area contributed by atoms with Gasteiger partial charge in [0.15, 0.2) is 0 Å². The molecule has 0 saturated carbocycles. The van der Waals surface area contributed by atoms with Gasteiger partial charge in [-0.05, 0) is 24.3 Å². The molecule has 0 atom stereocenters. The number of nitrogens with zero attached hydrogens (tertiary/aromatic N) is 2. The van der Waals surface area contributed by atoms with Gasteiger partial charge in [-0.25, -0.2) is 0 Å². The summed E-state index contributed by atoms with van der Waals surface area (Å²) in [6.07, 6.45) is 1.72. The fourth-order valence-corrected chi connectivity index (χ4v) is 1.05. The van der Waals surface area contributed by atoms with Crippen molar-refractivity contribution in [2.75, 3.05) is 19.0 Å². The van der Waals surface area contributed by atoms with Crippen LogP contribution < -0.4 is 21.5 Å². The lowest BCUT2D eigenvalue weighted by Crippen LogP contribution is -2.63. The van der Waals surface area contributed by atoms with Crippen molar-refractivity contribution in [2.24, 2.45) is 16.6 Å². The summed E-state index contributed by atoms with van der Waals surface area (Å²) in [7, 11) is 3.99. The Bertz CT molecular complexity index is 360. The van der Waals surface area contributed by atoms with Crippen LogP contribution in [0, 0.1) is 0 Å². The maximum Gasteiger partial charge on any atom is 0.256 e. The van der Waals surface area contributed by atoms with Gasteiger partial charge in [0, 0.05) is 30.4 Å². The molecule has 5 N–H and O–H groups in total. The van der Waals surface area contributed by atoms with Crippen molar-refractivity contribution < 1.29 is 5.10 Å². The molecule has 0 aromatic heterocycles. The third-order valence-electron chi connectivity index (χ3n) is 1.83. The minimum Gasteiger partial charge on any atom is -0.378 e. The molecule has 5 nitrogen and oxygen atoms in total. The molecule has 0 unspecified atom stereocenters. The number of nitrogens with one attached hydrogen (secondary N) is 1. The van der Waals surface area contributed by atoms with Crippen molar-refractivity contribution in [2.45, 2.75) is 0 Å². The van der Waals surface area contributed by atoms with E-state index in [-0.39, 0.29) is 5.96 Å². The van der Waals surface area contributed by atoms with Gasteiger partial charge in [0.1, 0.15) is 0 Å². The Kier molecular flexibility index (Phi) is 3.68. The molecule has 15 heavy (non-hydrogen) atoms. The molecule has 0 spiro atoms. The zero-order valence-electron chi connectivity index (χ0n) is 8.94. The van der Waals surface area contributed by atoms with Crippen molar-refractivity contribution in [3.05, 3.63) is 29.8 Å². The van der Waals surface area contributed by atoms with Crippen LogP contribution in [0.5, 0.6) is 0 Å². The molecule has 0 saturated heterocycles. The predicted octanol–water partition coefficient (Wildman–Crippen LogP) is -1.56. The number of nitrogens with two attached hydrogens (primary N) is 2. The average molecular weight is 206 g/mol. The van der Waals surface area contributed by atoms with E-state index >= 15 is 0 Å². The number of guanidine groups is 1. The normalized spacial score (nSPS) is 10.3. The second-order valence-electron chi connectivity index (χ2n) is 3.30. The van der Waals surface area contributed by atoms with Gasteiger partial charge in [0.25, 0.3) is 5.96 Å². The highest BCUT2D eigenvalue weighted by atomic mass is 15.3. The molecule has 0 heterocycles. The van der Waals surface area contributed by atoms with Crippen LogP contribution in [0.3, 0.4) is 0 Å². The molecule has 0 aliphatic rings. The molecule has 5 heteroatoms. The molecule has 1 aromatic carbocycles. The van der Waals surface area contributed by atoms with Crippen molar-refractivity contribution in [3.63, 3.8) is 0 Å². The zero-order chi connectivity index (χ0) is 11.3. The van der Waals surface area contributed by atoms with Crippen LogP contribution in [0.4, 0.5) is 5.69 Å². The summed E-state index contributed by atoms with van der Waals surface area (Å²) in [6, 6.07) is 7.99. The Hall–Kier alpha value is -2.04. The van der Waals surface area contributed by atoms with E-state index in [0.29, 0.717) is 0 Å². The van der Waals surface area contributed by atoms with Gasteiger partial charge in [0.2, 0.25) is 6.21 Å². The van der Waals surface area contributed by atoms with E-state index in [9.17, 15) is 0 Å². The lowest BCUT2D eigenvalue weighted by atomic mass is 10.2. The lowest BCUT2D eigenvalue weighted by Gasteiger charge is -2.11. The first-order valence-electron chi connectivity index (χ1n) is 4.54. The number of hydrogen-bond donors (Lipinski definition) is 3. The van der Waals surface area contributed by atoms with Gasteiger partial charge >= 0.3 is 0 Å². The van der Waals surface area contributed by atoms with E-state index in [4.69, 9.17) is 11.5 Å². The van der Waals surface area contributed by atoms with Gasteiger partial charge in [-0.3, -0.25) is 0 Å². The maximum atomic E-state index is 5.16. The molecular weight excluding hydrogens is 190 g/mol. The zero-order valence-corrected chi connectivity index (χ0v) is 8.94. The van der Waals surface area contributed by atoms with Crippen LogP contribution in [0.15, 0.2) is 29.4 Å². The van der Waals surface area contributed by atoms with Crippen LogP contribution in [0.1, 0.15) is 5.56 Å². The van der Waals surface area contributed by atoms with E-state index in [0.717, 1.165) is 11.3 Å². The molecule has 0 fully saturated rings. The SMILES string of the molecule is CN(C)c1ccc(/C=[NH+]\N=C(N)N)cc1. The summed E-state index contributed by atoms with van der Waals surface area (Å²) in [5.74, 6) is 0.0103. The molecule has 0 bridgehead atoms. The highest BCUT2D eigenvalue weighted by Gasteiger charge is 1.95. The summed E-state index contributed by atoms with van der Waals surface area (Å²) >= 11 is 0. The van der Waals surface area contributed by atoms with Gasteiger partial charge in [-0.15, -0.1) is 5.10 Å². The Morgan fingerprint density at radius 3 is 2.33 bits per heavy atom. The Morgan fingerprint density at radius 1 is 1.27 bits per heavy atom. The number of hydrazone groups is 1. The van der Waals surface area contributed by atoms with Crippen LogP contribution in [0.2, 0.25) is 0 Å². The minimum absolute atomic E-state index is 0.0103. The van der Waals surface area contributed by atoms with E-state index in [1.54, 1.807) is 6.21 Å². The van der Waals surface area contributed by atoms with Gasteiger partial charge in [-0.2, -0.15) is 0 Å². The van der Waals surface area contributed by atoms with Crippen LogP contribution >= 0.6 is 0 Å². The van der Waals surface area contributed by atoms with E-state index in [1.165, 1.54) is 0 Å². The fraction of sp³-hybridized carbons (Fsp3) is 0.200. The highest BCUT2D eigenvalue weighted by molar-refractivity contribution is 5.77. The van der Waals surface area contributed by atoms with Crippen molar-refractivity contribution >= 4 is 17.9 Å². The molecule has 1 aromatic rings. The quantitative estimate of drug-likeness (QED) is 0.318. The largest absolute Gasteiger partial charge is 0.378 e. The third kappa shape index (κ3) is 3.68. The average Bonchev–Trinajstić information content (AvgIpc) is 2.18. The van der Waals surface area contributed by atoms with Crippen LogP contribution in [-0.4, -0.2) is 26.3 Å². The first-order chi connectivity index (χ1) is 7.09. The molecule has 1 rings (SSSR count). The third-order valence-corrected chi connectivity index (χ3v) is 1.83. The van der Waals surface area contributed by atoms with E-state index in [1.807, 2.05) is 43.3 Å². The number of anilines is 1. The van der Waals surface area contributed by atoms with Gasteiger partial charge in [-0.1, -0.05) is 0 Å². The van der Waals surface area contributed by atoms with Crippen LogP contribution in [-0.2, 0) is 0 Å². The molecule has 0 radical (unpaired) electrons. The fourth-order valence-electron chi connectivity index (χ4n) is 1.05. The first kappa shape index (κ1) is 11.0. The summed E-state index contributed by atoms with van der Waals surface area (Å²) < 4.78 is 0. The standard InChI is InChI=1S/C10H15N5/c1-15(2)9-5-3-8(4-6-9)7-13-14-10(11)12/h3-7H,1-2H3,(H4,11,12,14)/p+1/b13-7-. The van der Waals surface area contributed by atoms with Crippen LogP contribution in [0.25, 0.3) is 0 Å². The molecular formula is C10H16N5+. The Labute approximate surface area is 89.1 Å². The van der Waals surface area contributed by atoms with Crippen molar-refractivity contribution in [3.8, 4) is 0 Å². The van der Waals surface area contributed by atoms with Gasteiger partial charge < -0.3 is 16.4 Å². The molecule has 0 amide bonds. The smallest absolute Gasteiger partial charge is 0.256 e.